The zero-order chi connectivity index (χ0) is 21.4. The molecule has 0 N–H and O–H groups in total. The number of hydrogen-bond donors (Lipinski definition) is 0. The first-order chi connectivity index (χ1) is 15.0. The summed E-state index contributed by atoms with van der Waals surface area (Å²) in [7, 11) is 0. The zero-order valence-corrected chi connectivity index (χ0v) is 16.9. The van der Waals surface area contributed by atoms with E-state index in [4.69, 9.17) is 4.52 Å². The number of alkyl halides is 3. The van der Waals surface area contributed by atoms with Crippen molar-refractivity contribution >= 4 is 11.8 Å². The van der Waals surface area contributed by atoms with Crippen molar-refractivity contribution in [2.75, 3.05) is 0 Å². The number of hydrogen-bond acceptors (Lipinski definition) is 6. The molecule has 4 aromatic rings. The van der Waals surface area contributed by atoms with Gasteiger partial charge in [0.25, 0.3) is 0 Å². The number of rotatable bonds is 6. The molecule has 0 unspecified atom stereocenters. The van der Waals surface area contributed by atoms with E-state index < -0.39 is 11.7 Å². The van der Waals surface area contributed by atoms with Gasteiger partial charge >= 0.3 is 6.18 Å². The minimum absolute atomic E-state index is 0.116. The molecule has 0 aliphatic heterocycles. The van der Waals surface area contributed by atoms with Crippen LogP contribution in [0.2, 0.25) is 0 Å². The molecule has 0 saturated heterocycles. The van der Waals surface area contributed by atoms with Crippen LogP contribution in [0.3, 0.4) is 0 Å². The zero-order valence-electron chi connectivity index (χ0n) is 16.1. The largest absolute Gasteiger partial charge is 0.416 e. The number of halogens is 3. The summed E-state index contributed by atoms with van der Waals surface area (Å²) in [6.45, 7) is 0. The van der Waals surface area contributed by atoms with Gasteiger partial charge < -0.3 is 4.52 Å². The van der Waals surface area contributed by atoms with Crippen LogP contribution in [0.1, 0.15) is 36.0 Å². The molecule has 6 nitrogen and oxygen atoms in total. The van der Waals surface area contributed by atoms with Gasteiger partial charge in [-0.25, -0.2) is 0 Å². The van der Waals surface area contributed by atoms with Crippen LogP contribution >= 0.6 is 11.8 Å². The van der Waals surface area contributed by atoms with Crippen LogP contribution in [0.15, 0.2) is 64.3 Å². The Hall–Kier alpha value is -3.14. The fourth-order valence-corrected chi connectivity index (χ4v) is 3.99. The molecule has 31 heavy (non-hydrogen) atoms. The molecule has 1 fully saturated rings. The van der Waals surface area contributed by atoms with Crippen LogP contribution in [0.4, 0.5) is 13.2 Å². The minimum Gasteiger partial charge on any atom is -0.338 e. The number of thioether (sulfide) groups is 1. The normalized spacial score (nSPS) is 14.2. The predicted octanol–water partition coefficient (Wildman–Crippen LogP) is 5.51. The third-order valence-corrected chi connectivity index (χ3v) is 5.77. The van der Waals surface area contributed by atoms with Gasteiger partial charge in [0.1, 0.15) is 5.82 Å². The highest BCUT2D eigenvalue weighted by Gasteiger charge is 2.32. The van der Waals surface area contributed by atoms with E-state index in [1.807, 2.05) is 34.9 Å². The SMILES string of the molecule is FC(F)(F)c1cccc(-c2noc(CSc3nnc(C4CC4)n3-c3ccccc3)n2)c1. The predicted molar refractivity (Wildman–Crippen MR) is 108 cm³/mol. The van der Waals surface area contributed by atoms with Gasteiger partial charge in [-0.3, -0.25) is 4.57 Å². The minimum atomic E-state index is -4.43. The van der Waals surface area contributed by atoms with Gasteiger partial charge in [-0.15, -0.1) is 10.2 Å². The quantitative estimate of drug-likeness (QED) is 0.366. The Bertz CT molecular complexity index is 1200. The summed E-state index contributed by atoms with van der Waals surface area (Å²) in [4.78, 5) is 4.25. The first-order valence-corrected chi connectivity index (χ1v) is 10.6. The van der Waals surface area contributed by atoms with Crippen molar-refractivity contribution < 1.29 is 17.7 Å². The van der Waals surface area contributed by atoms with Crippen LogP contribution in [0.25, 0.3) is 17.1 Å². The second-order valence-corrected chi connectivity index (χ2v) is 8.11. The molecule has 0 amide bonds. The summed E-state index contributed by atoms with van der Waals surface area (Å²) in [5.41, 5.74) is 0.472. The second kappa shape index (κ2) is 7.84. The van der Waals surface area contributed by atoms with Crippen LogP contribution in [0.5, 0.6) is 0 Å². The highest BCUT2D eigenvalue weighted by atomic mass is 32.2. The first kappa shape index (κ1) is 19.8. The van der Waals surface area contributed by atoms with E-state index in [2.05, 4.69) is 20.3 Å². The number of nitrogens with zero attached hydrogens (tertiary/aromatic N) is 5. The first-order valence-electron chi connectivity index (χ1n) is 9.63. The van der Waals surface area contributed by atoms with E-state index in [0.717, 1.165) is 36.5 Å². The lowest BCUT2D eigenvalue weighted by atomic mass is 10.1. The summed E-state index contributed by atoms with van der Waals surface area (Å²) < 4.78 is 46.2. The molecule has 0 spiro atoms. The summed E-state index contributed by atoms with van der Waals surface area (Å²) in [5, 5.41) is 13.2. The average Bonchev–Trinajstić information content (AvgIpc) is 3.35. The van der Waals surface area contributed by atoms with Crippen molar-refractivity contribution in [1.29, 1.82) is 0 Å². The maximum Gasteiger partial charge on any atom is 0.416 e. The molecule has 1 aliphatic carbocycles. The van der Waals surface area contributed by atoms with Gasteiger partial charge in [-0.2, -0.15) is 18.2 Å². The molecule has 0 radical (unpaired) electrons. The molecule has 0 bridgehead atoms. The monoisotopic (exact) mass is 443 g/mol. The molecule has 10 heteroatoms. The fraction of sp³-hybridized carbons (Fsp3) is 0.238. The summed E-state index contributed by atoms with van der Waals surface area (Å²) >= 11 is 1.39. The highest BCUT2D eigenvalue weighted by molar-refractivity contribution is 7.98. The van der Waals surface area contributed by atoms with Gasteiger partial charge in [0.15, 0.2) is 5.16 Å². The Labute approximate surface area is 179 Å². The third-order valence-electron chi connectivity index (χ3n) is 4.86. The molecule has 158 valence electrons. The van der Waals surface area contributed by atoms with Gasteiger partial charge in [-0.05, 0) is 37.1 Å². The van der Waals surface area contributed by atoms with Crippen molar-refractivity contribution in [3.63, 3.8) is 0 Å². The van der Waals surface area contributed by atoms with E-state index in [1.165, 1.54) is 23.9 Å². The topological polar surface area (TPSA) is 69.6 Å². The second-order valence-electron chi connectivity index (χ2n) is 7.16. The molecule has 2 aromatic heterocycles. The molecule has 2 aromatic carbocycles. The number of aromatic nitrogens is 5. The maximum absolute atomic E-state index is 13.0. The summed E-state index contributed by atoms with van der Waals surface area (Å²) in [5.74, 6) is 2.08. The Morgan fingerprint density at radius 2 is 1.84 bits per heavy atom. The summed E-state index contributed by atoms with van der Waals surface area (Å²) in [6.07, 6.45) is -2.24. The lowest BCUT2D eigenvalue weighted by Gasteiger charge is -2.08. The van der Waals surface area contributed by atoms with Crippen molar-refractivity contribution in [2.45, 2.75) is 35.8 Å². The van der Waals surface area contributed by atoms with Gasteiger partial charge in [-0.1, -0.05) is 47.3 Å². The molecule has 5 rings (SSSR count). The van der Waals surface area contributed by atoms with Crippen LogP contribution < -0.4 is 0 Å². The van der Waals surface area contributed by atoms with Gasteiger partial charge in [0.2, 0.25) is 11.7 Å². The lowest BCUT2D eigenvalue weighted by Crippen LogP contribution is -2.04. The number of para-hydroxylation sites is 1. The van der Waals surface area contributed by atoms with Gasteiger partial charge in [0, 0.05) is 17.2 Å². The molecular weight excluding hydrogens is 427 g/mol. The van der Waals surface area contributed by atoms with E-state index in [9.17, 15) is 13.2 Å². The van der Waals surface area contributed by atoms with Crippen molar-refractivity contribution in [3.8, 4) is 17.1 Å². The Balaban J connectivity index is 1.36. The standard InChI is InChI=1S/C21H16F3N5OS/c22-21(23,24)15-6-4-5-14(11-15)18-25-17(30-28-18)12-31-20-27-26-19(13-9-10-13)29(20)16-7-2-1-3-8-16/h1-8,11,13H,9-10,12H2. The van der Waals surface area contributed by atoms with Gasteiger partial charge in [0.05, 0.1) is 11.3 Å². The molecule has 1 saturated carbocycles. The Morgan fingerprint density at radius 3 is 2.58 bits per heavy atom. The van der Waals surface area contributed by atoms with Crippen LogP contribution in [-0.4, -0.2) is 24.9 Å². The van der Waals surface area contributed by atoms with Crippen molar-refractivity contribution in [3.05, 3.63) is 71.9 Å². The average molecular weight is 443 g/mol. The molecule has 2 heterocycles. The summed E-state index contributed by atoms with van der Waals surface area (Å²) in [6, 6.07) is 14.7. The van der Waals surface area contributed by atoms with Crippen LogP contribution in [-0.2, 0) is 11.9 Å². The van der Waals surface area contributed by atoms with E-state index in [0.29, 0.717) is 22.7 Å². The highest BCUT2D eigenvalue weighted by Crippen LogP contribution is 2.41. The lowest BCUT2D eigenvalue weighted by molar-refractivity contribution is -0.137. The smallest absolute Gasteiger partial charge is 0.338 e. The number of benzene rings is 2. The van der Waals surface area contributed by atoms with E-state index in [1.54, 1.807) is 0 Å². The molecule has 0 atom stereocenters. The van der Waals surface area contributed by atoms with Crippen molar-refractivity contribution in [1.82, 2.24) is 24.9 Å². The molecule has 1 aliphatic rings. The molecular formula is C21H16F3N5OS. The Kier molecular flexibility index (Phi) is 5.01. The Morgan fingerprint density at radius 1 is 1.03 bits per heavy atom. The maximum atomic E-state index is 13.0. The van der Waals surface area contributed by atoms with Crippen LogP contribution in [0, 0.1) is 0 Å². The fourth-order valence-electron chi connectivity index (χ4n) is 3.19. The van der Waals surface area contributed by atoms with E-state index in [-0.39, 0.29) is 11.4 Å². The third kappa shape index (κ3) is 4.20. The van der Waals surface area contributed by atoms with E-state index >= 15 is 0 Å². The van der Waals surface area contributed by atoms with Crippen molar-refractivity contribution in [2.24, 2.45) is 0 Å².